The second-order valence-electron chi connectivity index (χ2n) is 3.93. The van der Waals surface area contributed by atoms with Gasteiger partial charge in [-0.2, -0.15) is 27.0 Å². The second kappa shape index (κ2) is 8.60. The van der Waals surface area contributed by atoms with E-state index in [9.17, 15) is 10.2 Å². The van der Waals surface area contributed by atoms with Crippen molar-refractivity contribution < 1.29 is 19.7 Å². The molecule has 0 aromatic heterocycles. The van der Waals surface area contributed by atoms with Crippen molar-refractivity contribution in [2.45, 2.75) is 64.3 Å². The number of aliphatic hydroxyl groups excluding tert-OH is 2. The van der Waals surface area contributed by atoms with Gasteiger partial charge in [-0.25, -0.2) is 0 Å². The average Bonchev–Trinajstić information content (AvgIpc) is 2.14. The lowest BCUT2D eigenvalue weighted by Gasteiger charge is -2.36. The molecule has 1 rings (SSSR count). The molecule has 0 spiro atoms. The third-order valence-corrected chi connectivity index (χ3v) is 2.63. The summed E-state index contributed by atoms with van der Waals surface area (Å²) >= 11 is 0. The normalized spacial score (nSPS) is 35.8. The lowest BCUT2D eigenvalue weighted by atomic mass is 10.0. The van der Waals surface area contributed by atoms with Crippen molar-refractivity contribution in [3.05, 3.63) is 0 Å². The molecule has 100 valence electrons. The van der Waals surface area contributed by atoms with Crippen LogP contribution in [0.25, 0.3) is 0 Å². The zero-order valence-electron chi connectivity index (χ0n) is 10.0. The minimum Gasteiger partial charge on any atom is -0.390 e. The predicted molar refractivity (Wildman–Crippen MR) is 72.6 cm³/mol. The summed E-state index contributed by atoms with van der Waals surface area (Å²) in [7, 11) is 0. The summed E-state index contributed by atoms with van der Waals surface area (Å²) in [5.41, 5.74) is 0. The molecule has 0 radical (unpaired) electrons. The number of ether oxygens (including phenoxy) is 2. The maximum atomic E-state index is 9.59. The van der Waals surface area contributed by atoms with Crippen molar-refractivity contribution in [3.8, 4) is 0 Å². The first-order valence-electron chi connectivity index (χ1n) is 5.21. The van der Waals surface area contributed by atoms with E-state index in [1.807, 2.05) is 13.8 Å². The van der Waals surface area contributed by atoms with Gasteiger partial charge in [0.1, 0.15) is 6.10 Å². The molecule has 0 amide bonds. The summed E-state index contributed by atoms with van der Waals surface area (Å²) in [5, 5.41) is 19.0. The first kappa shape index (κ1) is 18.9. The number of rotatable bonds is 3. The molecule has 0 aliphatic carbocycles. The van der Waals surface area contributed by atoms with Crippen LogP contribution in [0.2, 0.25) is 0 Å². The molecule has 0 aromatic rings. The molecule has 0 bridgehead atoms. The Morgan fingerprint density at radius 2 is 1.88 bits per heavy atom. The van der Waals surface area contributed by atoms with E-state index in [2.05, 4.69) is 0 Å². The Bertz CT molecular complexity index is 180. The molecule has 0 saturated carbocycles. The van der Waals surface area contributed by atoms with Crippen LogP contribution in [0.5, 0.6) is 0 Å². The van der Waals surface area contributed by atoms with Crippen LogP contribution < -0.4 is 0 Å². The van der Waals surface area contributed by atoms with Gasteiger partial charge in [-0.05, 0) is 20.3 Å². The van der Waals surface area contributed by atoms with Gasteiger partial charge in [0.05, 0.1) is 18.3 Å². The number of hydrogen-bond donors (Lipinski definition) is 2. The minimum absolute atomic E-state index is 0. The summed E-state index contributed by atoms with van der Waals surface area (Å²) < 4.78 is 10.8. The summed E-state index contributed by atoms with van der Waals surface area (Å²) in [4.78, 5) is 0. The molecule has 2 unspecified atom stereocenters. The van der Waals surface area contributed by atoms with Crippen molar-refractivity contribution in [2.24, 2.45) is 0 Å². The quantitative estimate of drug-likeness (QED) is 0.801. The summed E-state index contributed by atoms with van der Waals surface area (Å²) in [6.07, 6.45) is -0.920. The molecular weight excluding hydrogens is 248 g/mol. The standard InChI is InChI=1S/C10H20O4.2H2S/c1-4-6(2)13-10-9(12)5-8(11)7(3)14-10;;/h6-12H,4-5H2,1-3H3;2*1H2/t6-,7?,8-,9?,10+;;/m1../s1. The molecule has 5 atom stereocenters. The summed E-state index contributed by atoms with van der Waals surface area (Å²) in [6.45, 7) is 5.73. The molecule has 0 aromatic carbocycles. The van der Waals surface area contributed by atoms with Crippen molar-refractivity contribution in [1.82, 2.24) is 0 Å². The Hall–Kier alpha value is 0.540. The Balaban J connectivity index is 0. The van der Waals surface area contributed by atoms with Crippen LogP contribution in [0.15, 0.2) is 0 Å². The van der Waals surface area contributed by atoms with Gasteiger partial charge in [-0.15, -0.1) is 0 Å². The summed E-state index contributed by atoms with van der Waals surface area (Å²) in [5.74, 6) is 0. The van der Waals surface area contributed by atoms with Crippen LogP contribution in [0.4, 0.5) is 0 Å². The first-order valence-corrected chi connectivity index (χ1v) is 5.21. The largest absolute Gasteiger partial charge is 0.390 e. The van der Waals surface area contributed by atoms with Crippen LogP contribution in [0.1, 0.15) is 33.6 Å². The fraction of sp³-hybridized carbons (Fsp3) is 1.00. The van der Waals surface area contributed by atoms with Gasteiger partial charge in [0.15, 0.2) is 6.29 Å². The Kier molecular flexibility index (Phi) is 10.2. The molecule has 16 heavy (non-hydrogen) atoms. The predicted octanol–water partition coefficient (Wildman–Crippen LogP) is 0.884. The van der Waals surface area contributed by atoms with Gasteiger partial charge in [0, 0.05) is 6.42 Å². The molecule has 2 N–H and O–H groups in total. The molecule has 1 aliphatic rings. The first-order chi connectivity index (χ1) is 6.54. The third-order valence-electron chi connectivity index (χ3n) is 2.63. The lowest BCUT2D eigenvalue weighted by Crippen LogP contribution is -2.48. The van der Waals surface area contributed by atoms with Crippen LogP contribution in [-0.4, -0.2) is 40.9 Å². The molecule has 6 heteroatoms. The Labute approximate surface area is 111 Å². The van der Waals surface area contributed by atoms with Crippen LogP contribution in [0, 0.1) is 0 Å². The second-order valence-corrected chi connectivity index (χ2v) is 3.93. The Morgan fingerprint density at radius 1 is 1.31 bits per heavy atom. The van der Waals surface area contributed by atoms with E-state index < -0.39 is 18.5 Å². The maximum Gasteiger partial charge on any atom is 0.184 e. The van der Waals surface area contributed by atoms with E-state index in [-0.39, 0.29) is 39.2 Å². The number of hydrogen-bond acceptors (Lipinski definition) is 4. The van der Waals surface area contributed by atoms with E-state index >= 15 is 0 Å². The molecular formula is C10H24O4S2. The minimum atomic E-state index is -0.727. The molecule has 4 nitrogen and oxygen atoms in total. The van der Waals surface area contributed by atoms with E-state index in [0.717, 1.165) is 6.42 Å². The highest BCUT2D eigenvalue weighted by Crippen LogP contribution is 2.22. The molecule has 1 fully saturated rings. The van der Waals surface area contributed by atoms with E-state index in [4.69, 9.17) is 9.47 Å². The highest BCUT2D eigenvalue weighted by molar-refractivity contribution is 7.59. The van der Waals surface area contributed by atoms with Crippen molar-refractivity contribution in [2.75, 3.05) is 0 Å². The third kappa shape index (κ3) is 5.25. The van der Waals surface area contributed by atoms with Crippen molar-refractivity contribution in [1.29, 1.82) is 0 Å². The smallest absolute Gasteiger partial charge is 0.184 e. The van der Waals surface area contributed by atoms with E-state index in [1.54, 1.807) is 6.92 Å². The fourth-order valence-electron chi connectivity index (χ4n) is 1.39. The van der Waals surface area contributed by atoms with Gasteiger partial charge in [0.25, 0.3) is 0 Å². The lowest BCUT2D eigenvalue weighted by molar-refractivity contribution is -0.273. The SMILES string of the molecule is CC[C@@H](C)O[C@H]1OC(C)[C@H](O)CC1O.S.S. The van der Waals surface area contributed by atoms with Gasteiger partial charge < -0.3 is 19.7 Å². The van der Waals surface area contributed by atoms with E-state index in [1.165, 1.54) is 0 Å². The van der Waals surface area contributed by atoms with Crippen molar-refractivity contribution >= 4 is 27.0 Å². The van der Waals surface area contributed by atoms with Crippen LogP contribution in [-0.2, 0) is 9.47 Å². The Morgan fingerprint density at radius 3 is 2.38 bits per heavy atom. The fourth-order valence-corrected chi connectivity index (χ4v) is 1.39. The van der Waals surface area contributed by atoms with Gasteiger partial charge in [-0.1, -0.05) is 6.92 Å². The van der Waals surface area contributed by atoms with E-state index in [0.29, 0.717) is 6.42 Å². The molecule has 1 saturated heterocycles. The van der Waals surface area contributed by atoms with Crippen molar-refractivity contribution in [3.63, 3.8) is 0 Å². The van der Waals surface area contributed by atoms with Gasteiger partial charge in [-0.3, -0.25) is 0 Å². The number of aliphatic hydroxyl groups is 2. The average molecular weight is 272 g/mol. The maximum absolute atomic E-state index is 9.59. The van der Waals surface area contributed by atoms with Crippen LogP contribution in [0.3, 0.4) is 0 Å². The van der Waals surface area contributed by atoms with Crippen LogP contribution >= 0.6 is 27.0 Å². The van der Waals surface area contributed by atoms with Gasteiger partial charge >= 0.3 is 0 Å². The van der Waals surface area contributed by atoms with Gasteiger partial charge in [0.2, 0.25) is 0 Å². The molecule has 1 aliphatic heterocycles. The highest BCUT2D eigenvalue weighted by Gasteiger charge is 2.35. The highest BCUT2D eigenvalue weighted by atomic mass is 32.1. The topological polar surface area (TPSA) is 58.9 Å². The molecule has 1 heterocycles. The zero-order chi connectivity index (χ0) is 10.7. The summed E-state index contributed by atoms with van der Waals surface area (Å²) in [6, 6.07) is 0. The zero-order valence-corrected chi connectivity index (χ0v) is 12.0. The monoisotopic (exact) mass is 272 g/mol.